The van der Waals surface area contributed by atoms with Gasteiger partial charge >= 0.3 is 11.9 Å². The average molecular weight is 313 g/mol. The summed E-state index contributed by atoms with van der Waals surface area (Å²) in [7, 11) is 0. The number of carboxylic acids is 1. The molecule has 1 aliphatic heterocycles. The lowest BCUT2D eigenvalue weighted by Gasteiger charge is -2.14. The van der Waals surface area contributed by atoms with Gasteiger partial charge in [-0.25, -0.2) is 4.79 Å². The maximum Gasteiger partial charge on any atom is 0.341 e. The Morgan fingerprint density at radius 3 is 2.78 bits per heavy atom. The van der Waals surface area contributed by atoms with Crippen molar-refractivity contribution in [3.63, 3.8) is 0 Å². The smallest absolute Gasteiger partial charge is 0.341 e. The predicted octanol–water partition coefficient (Wildman–Crippen LogP) is 2.58. The Bertz CT molecular complexity index is 754. The summed E-state index contributed by atoms with van der Waals surface area (Å²) in [5.41, 5.74) is 10.9. The van der Waals surface area contributed by atoms with Gasteiger partial charge in [0.15, 0.2) is 0 Å². The van der Waals surface area contributed by atoms with Crippen LogP contribution in [0.4, 0.5) is 5.69 Å². The molecule has 1 heterocycles. The molecule has 1 aromatic carbocycles. The number of hydrogen-bond donors (Lipinski definition) is 2. The number of cyclic esters (lactones) is 1. The molecular formula is C18H19NO4. The van der Waals surface area contributed by atoms with E-state index in [-0.39, 0.29) is 13.0 Å². The average Bonchev–Trinajstić information content (AvgIpc) is 2.89. The highest BCUT2D eigenvalue weighted by Gasteiger charge is 2.29. The van der Waals surface area contributed by atoms with Gasteiger partial charge in [-0.2, -0.15) is 0 Å². The molecule has 0 amide bonds. The number of rotatable bonds is 5. The quantitative estimate of drug-likeness (QED) is 0.377. The summed E-state index contributed by atoms with van der Waals surface area (Å²) < 4.78 is 5.06. The second-order valence-corrected chi connectivity index (χ2v) is 5.61. The third-order valence-electron chi connectivity index (χ3n) is 4.11. The van der Waals surface area contributed by atoms with Crippen LogP contribution >= 0.6 is 0 Å². The highest BCUT2D eigenvalue weighted by Crippen LogP contribution is 2.35. The summed E-state index contributed by atoms with van der Waals surface area (Å²) in [6, 6.07) is 0. The van der Waals surface area contributed by atoms with E-state index in [0.29, 0.717) is 29.7 Å². The molecular weight excluding hydrogens is 294 g/mol. The maximum absolute atomic E-state index is 11.9. The van der Waals surface area contributed by atoms with E-state index in [4.69, 9.17) is 22.0 Å². The minimum absolute atomic E-state index is 0.0787. The number of carbonyl (C=O) groups is 2. The number of nitrogens with two attached hydrogens (primary N) is 1. The lowest BCUT2D eigenvalue weighted by Crippen LogP contribution is -2.08. The Morgan fingerprint density at radius 1 is 1.48 bits per heavy atom. The zero-order valence-electron chi connectivity index (χ0n) is 13.2. The second kappa shape index (κ2) is 6.57. The van der Waals surface area contributed by atoms with Gasteiger partial charge in [-0.3, -0.25) is 4.79 Å². The molecule has 1 aromatic rings. The van der Waals surface area contributed by atoms with Crippen molar-refractivity contribution in [2.24, 2.45) is 0 Å². The largest absolute Gasteiger partial charge is 0.481 e. The zero-order valence-corrected chi connectivity index (χ0v) is 13.2. The van der Waals surface area contributed by atoms with Gasteiger partial charge in [0.2, 0.25) is 0 Å². The van der Waals surface area contributed by atoms with Crippen LogP contribution in [0.1, 0.15) is 52.4 Å². The molecule has 0 atom stereocenters. The molecule has 0 spiro atoms. The third-order valence-corrected chi connectivity index (χ3v) is 4.11. The predicted molar refractivity (Wildman–Crippen MR) is 87.0 cm³/mol. The lowest BCUT2D eigenvalue weighted by atomic mass is 9.89. The van der Waals surface area contributed by atoms with Crippen LogP contribution in [0.3, 0.4) is 0 Å². The topological polar surface area (TPSA) is 89.6 Å². The van der Waals surface area contributed by atoms with Crippen LogP contribution in [0.5, 0.6) is 0 Å². The van der Waals surface area contributed by atoms with Crippen molar-refractivity contribution in [2.75, 3.05) is 5.73 Å². The number of allylic oxidation sites excluding steroid dienone is 2. The van der Waals surface area contributed by atoms with Gasteiger partial charge in [0.25, 0.3) is 0 Å². The molecule has 5 nitrogen and oxygen atoms in total. The summed E-state index contributed by atoms with van der Waals surface area (Å²) in [5, 5.41) is 8.72. The minimum atomic E-state index is -0.835. The van der Waals surface area contributed by atoms with Crippen LogP contribution in [0.2, 0.25) is 0 Å². The monoisotopic (exact) mass is 313 g/mol. The van der Waals surface area contributed by atoms with Crippen molar-refractivity contribution in [2.45, 2.75) is 39.7 Å². The summed E-state index contributed by atoms with van der Waals surface area (Å²) in [6.07, 6.45) is 8.53. The van der Waals surface area contributed by atoms with Gasteiger partial charge in [-0.05, 0) is 37.8 Å². The molecule has 0 unspecified atom stereocenters. The number of carbonyl (C=O) groups excluding carboxylic acids is 1. The Kier molecular flexibility index (Phi) is 4.75. The van der Waals surface area contributed by atoms with Crippen molar-refractivity contribution < 1.29 is 19.4 Å². The number of esters is 1. The molecule has 3 N–H and O–H groups in total. The summed E-state index contributed by atoms with van der Waals surface area (Å²) in [5.74, 6) is 1.40. The lowest BCUT2D eigenvalue weighted by molar-refractivity contribution is -0.136. The van der Waals surface area contributed by atoms with E-state index < -0.39 is 11.9 Å². The van der Waals surface area contributed by atoms with Crippen LogP contribution in [0.25, 0.3) is 0 Å². The number of anilines is 1. The molecule has 2 rings (SSSR count). The number of benzene rings is 1. The Labute approximate surface area is 135 Å². The van der Waals surface area contributed by atoms with Crippen LogP contribution < -0.4 is 5.73 Å². The molecule has 0 saturated carbocycles. The summed E-state index contributed by atoms with van der Waals surface area (Å²) >= 11 is 0. The first-order chi connectivity index (χ1) is 10.9. The fourth-order valence-corrected chi connectivity index (χ4v) is 2.73. The first-order valence-electron chi connectivity index (χ1n) is 7.31. The van der Waals surface area contributed by atoms with E-state index in [1.165, 1.54) is 0 Å². The Morgan fingerprint density at radius 2 is 2.17 bits per heavy atom. The van der Waals surface area contributed by atoms with E-state index in [0.717, 1.165) is 22.3 Å². The van der Waals surface area contributed by atoms with E-state index in [9.17, 15) is 9.59 Å². The molecule has 23 heavy (non-hydrogen) atoms. The van der Waals surface area contributed by atoms with Crippen LogP contribution in [-0.4, -0.2) is 17.0 Å². The Hall–Kier alpha value is -2.74. The molecule has 0 bridgehead atoms. The van der Waals surface area contributed by atoms with Crippen molar-refractivity contribution in [3.8, 4) is 12.3 Å². The summed E-state index contributed by atoms with van der Waals surface area (Å²) in [4.78, 5) is 22.5. The zero-order chi connectivity index (χ0) is 17.1. The first kappa shape index (κ1) is 16.6. The number of aliphatic carboxylic acids is 1. The van der Waals surface area contributed by atoms with E-state index in [1.807, 2.05) is 19.9 Å². The fraction of sp³-hybridized carbons (Fsp3) is 0.333. The van der Waals surface area contributed by atoms with Crippen LogP contribution in [-0.2, 0) is 22.6 Å². The molecule has 0 fully saturated rings. The van der Waals surface area contributed by atoms with Crippen molar-refractivity contribution in [1.29, 1.82) is 0 Å². The van der Waals surface area contributed by atoms with Gasteiger partial charge < -0.3 is 15.6 Å². The van der Waals surface area contributed by atoms with E-state index >= 15 is 0 Å². The highest BCUT2D eigenvalue weighted by molar-refractivity contribution is 6.00. The second-order valence-electron chi connectivity index (χ2n) is 5.61. The molecule has 1 aliphatic rings. The number of terminal acetylenes is 1. The fourth-order valence-electron chi connectivity index (χ4n) is 2.73. The number of carboxylic acid groups (broad SMARTS) is 1. The van der Waals surface area contributed by atoms with Crippen LogP contribution in [0.15, 0.2) is 11.6 Å². The summed E-state index contributed by atoms with van der Waals surface area (Å²) in [6.45, 7) is 3.93. The molecule has 0 saturated heterocycles. The van der Waals surface area contributed by atoms with Crippen LogP contribution in [0, 0.1) is 19.3 Å². The molecule has 5 heteroatoms. The molecule has 0 aromatic heterocycles. The Balaban J connectivity index is 2.39. The highest BCUT2D eigenvalue weighted by atomic mass is 16.5. The van der Waals surface area contributed by atoms with Crippen molar-refractivity contribution in [3.05, 3.63) is 39.5 Å². The maximum atomic E-state index is 11.9. The minimum Gasteiger partial charge on any atom is -0.481 e. The number of nitrogen functional groups attached to an aromatic ring is 1. The third kappa shape index (κ3) is 3.21. The SMILES string of the molecule is C#Cc1c(C)c2c(c(N)c1C/C=C(\C)CCC(=O)O)C(=O)OC2. The van der Waals surface area contributed by atoms with Gasteiger partial charge in [-0.15, -0.1) is 6.42 Å². The van der Waals surface area contributed by atoms with Crippen molar-refractivity contribution in [1.82, 2.24) is 0 Å². The van der Waals surface area contributed by atoms with Gasteiger partial charge in [0.05, 0.1) is 11.3 Å². The molecule has 0 aliphatic carbocycles. The van der Waals surface area contributed by atoms with E-state index in [1.54, 1.807) is 0 Å². The molecule has 0 radical (unpaired) electrons. The standard InChI is InChI=1S/C18H19NO4/c1-4-12-11(3)14-9-23-18(22)16(14)17(19)13(12)7-5-10(2)6-8-15(20)21/h1,5H,6-9,19H2,2-3H3,(H,20,21)/b10-5+. The first-order valence-corrected chi connectivity index (χ1v) is 7.31. The van der Waals surface area contributed by atoms with Crippen molar-refractivity contribution >= 4 is 17.6 Å². The van der Waals surface area contributed by atoms with E-state index in [2.05, 4.69) is 5.92 Å². The van der Waals surface area contributed by atoms with Gasteiger partial charge in [0.1, 0.15) is 6.61 Å². The number of fused-ring (bicyclic) bond motifs is 1. The molecule has 120 valence electrons. The normalized spacial score (nSPS) is 13.4. The number of hydrogen-bond acceptors (Lipinski definition) is 4. The number of ether oxygens (including phenoxy) is 1. The van der Waals surface area contributed by atoms with Gasteiger partial charge in [-0.1, -0.05) is 17.6 Å². The van der Waals surface area contributed by atoms with Gasteiger partial charge in [0, 0.05) is 17.5 Å².